The van der Waals surface area contributed by atoms with Gasteiger partial charge in [-0.2, -0.15) is 0 Å². The smallest absolute Gasteiger partial charge is 0.305 e. The standard InChI is InChI=1S/C13H20O3/c1-3-5-6-7-10-11(14)8-9-12(10)16-13(15)4-2/h5-6,10,12H,3-4,7-9H2,1-2H3. The van der Waals surface area contributed by atoms with Crippen molar-refractivity contribution in [2.75, 3.05) is 0 Å². The lowest BCUT2D eigenvalue weighted by Crippen LogP contribution is -2.24. The first-order valence-electron chi connectivity index (χ1n) is 6.06. The van der Waals surface area contributed by atoms with Crippen molar-refractivity contribution in [2.45, 2.75) is 52.1 Å². The Hall–Kier alpha value is -1.12. The Labute approximate surface area is 96.9 Å². The molecule has 0 N–H and O–H groups in total. The van der Waals surface area contributed by atoms with E-state index in [1.165, 1.54) is 0 Å². The van der Waals surface area contributed by atoms with Crippen molar-refractivity contribution >= 4 is 11.8 Å². The van der Waals surface area contributed by atoms with Crippen LogP contribution in [-0.4, -0.2) is 17.9 Å². The lowest BCUT2D eigenvalue weighted by atomic mass is 10.0. The van der Waals surface area contributed by atoms with Crippen molar-refractivity contribution in [2.24, 2.45) is 5.92 Å². The number of carbonyl (C=O) groups excluding carboxylic acids is 2. The number of allylic oxidation sites excluding steroid dienone is 2. The topological polar surface area (TPSA) is 43.4 Å². The van der Waals surface area contributed by atoms with Gasteiger partial charge in [0.1, 0.15) is 11.9 Å². The van der Waals surface area contributed by atoms with E-state index in [-0.39, 0.29) is 23.8 Å². The molecule has 3 nitrogen and oxygen atoms in total. The number of hydrogen-bond donors (Lipinski definition) is 0. The van der Waals surface area contributed by atoms with Gasteiger partial charge in [0.15, 0.2) is 0 Å². The van der Waals surface area contributed by atoms with Crippen molar-refractivity contribution in [3.05, 3.63) is 12.2 Å². The zero-order valence-electron chi connectivity index (χ0n) is 10.1. The maximum atomic E-state index is 11.6. The maximum absolute atomic E-state index is 11.6. The van der Waals surface area contributed by atoms with Crippen LogP contribution < -0.4 is 0 Å². The summed E-state index contributed by atoms with van der Waals surface area (Å²) in [6.07, 6.45) is 7.16. The van der Waals surface area contributed by atoms with Gasteiger partial charge in [-0.1, -0.05) is 26.0 Å². The Morgan fingerprint density at radius 2 is 2.19 bits per heavy atom. The van der Waals surface area contributed by atoms with Crippen LogP contribution in [0.5, 0.6) is 0 Å². The third kappa shape index (κ3) is 3.47. The molecule has 2 unspecified atom stereocenters. The number of ketones is 1. The second-order valence-electron chi connectivity index (χ2n) is 4.11. The monoisotopic (exact) mass is 224 g/mol. The molecule has 90 valence electrons. The molecule has 0 radical (unpaired) electrons. The molecular weight excluding hydrogens is 204 g/mol. The number of hydrogen-bond acceptors (Lipinski definition) is 3. The lowest BCUT2D eigenvalue weighted by molar-refractivity contribution is -0.150. The zero-order chi connectivity index (χ0) is 12.0. The van der Waals surface area contributed by atoms with Crippen molar-refractivity contribution in [3.63, 3.8) is 0 Å². The quantitative estimate of drug-likeness (QED) is 0.532. The van der Waals surface area contributed by atoms with Gasteiger partial charge >= 0.3 is 5.97 Å². The fourth-order valence-electron chi connectivity index (χ4n) is 1.96. The summed E-state index contributed by atoms with van der Waals surface area (Å²) in [6.45, 7) is 3.83. The van der Waals surface area contributed by atoms with Crippen molar-refractivity contribution in [1.29, 1.82) is 0 Å². The first-order valence-corrected chi connectivity index (χ1v) is 6.06. The molecule has 0 aromatic rings. The summed E-state index contributed by atoms with van der Waals surface area (Å²) < 4.78 is 5.28. The second kappa shape index (κ2) is 6.46. The Kier molecular flexibility index (Phi) is 5.23. The van der Waals surface area contributed by atoms with E-state index in [2.05, 4.69) is 6.92 Å². The predicted molar refractivity (Wildman–Crippen MR) is 62.0 cm³/mol. The summed E-state index contributed by atoms with van der Waals surface area (Å²) in [5, 5.41) is 0. The Morgan fingerprint density at radius 1 is 1.44 bits per heavy atom. The molecular formula is C13H20O3. The Bertz CT molecular complexity index is 281. The van der Waals surface area contributed by atoms with Crippen molar-refractivity contribution in [1.82, 2.24) is 0 Å². The van der Waals surface area contributed by atoms with Gasteiger partial charge < -0.3 is 4.74 Å². The Balaban J connectivity index is 2.52. The number of ether oxygens (including phenoxy) is 1. The van der Waals surface area contributed by atoms with Crippen LogP contribution in [-0.2, 0) is 14.3 Å². The van der Waals surface area contributed by atoms with Gasteiger partial charge in [0.05, 0.1) is 5.92 Å². The first kappa shape index (κ1) is 12.9. The lowest BCUT2D eigenvalue weighted by Gasteiger charge is -2.17. The van der Waals surface area contributed by atoms with Gasteiger partial charge in [-0.05, 0) is 19.3 Å². The average Bonchev–Trinajstić information content (AvgIpc) is 2.61. The largest absolute Gasteiger partial charge is 0.462 e. The summed E-state index contributed by atoms with van der Waals surface area (Å²) in [5.41, 5.74) is 0. The van der Waals surface area contributed by atoms with Gasteiger partial charge in [-0.25, -0.2) is 0 Å². The SMILES string of the molecule is CCC=CCC1C(=O)CCC1OC(=O)CC. The summed E-state index contributed by atoms with van der Waals surface area (Å²) in [4.78, 5) is 22.8. The first-order chi connectivity index (χ1) is 7.69. The second-order valence-corrected chi connectivity index (χ2v) is 4.11. The molecule has 1 fully saturated rings. The molecule has 0 saturated heterocycles. The van der Waals surface area contributed by atoms with Gasteiger partial charge in [0, 0.05) is 12.8 Å². The maximum Gasteiger partial charge on any atom is 0.305 e. The highest BCUT2D eigenvalue weighted by molar-refractivity contribution is 5.84. The van der Waals surface area contributed by atoms with E-state index in [0.29, 0.717) is 25.7 Å². The summed E-state index contributed by atoms with van der Waals surface area (Å²) in [5.74, 6) is -0.0860. The van der Waals surface area contributed by atoms with Crippen molar-refractivity contribution < 1.29 is 14.3 Å². The fraction of sp³-hybridized carbons (Fsp3) is 0.692. The predicted octanol–water partition coefficient (Wildman–Crippen LogP) is 2.64. The molecule has 0 aromatic carbocycles. The van der Waals surface area contributed by atoms with Gasteiger partial charge in [-0.3, -0.25) is 9.59 Å². The molecule has 0 heterocycles. The highest BCUT2D eigenvalue weighted by atomic mass is 16.5. The van der Waals surface area contributed by atoms with Crippen LogP contribution in [0.2, 0.25) is 0 Å². The highest BCUT2D eigenvalue weighted by Gasteiger charge is 2.36. The van der Waals surface area contributed by atoms with E-state index in [4.69, 9.17) is 4.74 Å². The third-order valence-electron chi connectivity index (χ3n) is 2.90. The minimum Gasteiger partial charge on any atom is -0.462 e. The average molecular weight is 224 g/mol. The Morgan fingerprint density at radius 3 is 2.81 bits per heavy atom. The van der Waals surface area contributed by atoms with E-state index in [9.17, 15) is 9.59 Å². The fourth-order valence-corrected chi connectivity index (χ4v) is 1.96. The summed E-state index contributed by atoms with van der Waals surface area (Å²) in [7, 11) is 0. The molecule has 1 rings (SSSR count). The molecule has 1 aliphatic carbocycles. The molecule has 1 saturated carbocycles. The number of carbonyl (C=O) groups is 2. The molecule has 1 aliphatic rings. The van der Waals surface area contributed by atoms with E-state index >= 15 is 0 Å². The number of rotatable bonds is 5. The molecule has 3 heteroatoms. The molecule has 16 heavy (non-hydrogen) atoms. The normalized spacial score (nSPS) is 25.2. The summed E-state index contributed by atoms with van der Waals surface area (Å²) in [6, 6.07) is 0. The number of esters is 1. The molecule has 0 bridgehead atoms. The van der Waals surface area contributed by atoms with Crippen LogP contribution in [0.4, 0.5) is 0 Å². The minimum atomic E-state index is -0.204. The third-order valence-corrected chi connectivity index (χ3v) is 2.90. The molecule has 2 atom stereocenters. The van der Waals surface area contributed by atoms with Crippen LogP contribution in [0.15, 0.2) is 12.2 Å². The van der Waals surface area contributed by atoms with Crippen LogP contribution >= 0.6 is 0 Å². The van der Waals surface area contributed by atoms with E-state index in [1.54, 1.807) is 6.92 Å². The van der Waals surface area contributed by atoms with Crippen LogP contribution in [0.25, 0.3) is 0 Å². The zero-order valence-corrected chi connectivity index (χ0v) is 10.1. The van der Waals surface area contributed by atoms with Crippen LogP contribution in [0.1, 0.15) is 46.0 Å². The van der Waals surface area contributed by atoms with Crippen LogP contribution in [0, 0.1) is 5.92 Å². The van der Waals surface area contributed by atoms with E-state index in [1.807, 2.05) is 12.2 Å². The molecule has 0 aliphatic heterocycles. The van der Waals surface area contributed by atoms with E-state index in [0.717, 1.165) is 6.42 Å². The van der Waals surface area contributed by atoms with Crippen LogP contribution in [0.3, 0.4) is 0 Å². The molecule has 0 spiro atoms. The molecule has 0 aromatic heterocycles. The number of Topliss-reactive ketones (excluding diaryl/α,β-unsaturated/α-hetero) is 1. The van der Waals surface area contributed by atoms with Crippen molar-refractivity contribution in [3.8, 4) is 0 Å². The van der Waals surface area contributed by atoms with Gasteiger partial charge in [0.25, 0.3) is 0 Å². The van der Waals surface area contributed by atoms with Gasteiger partial charge in [-0.15, -0.1) is 0 Å². The van der Waals surface area contributed by atoms with Gasteiger partial charge in [0.2, 0.25) is 0 Å². The van der Waals surface area contributed by atoms with E-state index < -0.39 is 0 Å². The minimum absolute atomic E-state index is 0.113. The summed E-state index contributed by atoms with van der Waals surface area (Å²) >= 11 is 0. The highest BCUT2D eigenvalue weighted by Crippen LogP contribution is 2.28. The molecule has 0 amide bonds.